The number of ether oxygens (including phenoxy) is 2. The second kappa shape index (κ2) is 8.81. The van der Waals surface area contributed by atoms with Gasteiger partial charge in [-0.25, -0.2) is 4.79 Å². The van der Waals surface area contributed by atoms with Crippen LogP contribution in [0.5, 0.6) is 0 Å². The van der Waals surface area contributed by atoms with E-state index in [-0.39, 0.29) is 12.0 Å². The fraction of sp³-hybridized carbons (Fsp3) is 0.478. The number of nitrogens with one attached hydrogen (secondary N) is 1. The molecule has 3 rings (SSSR count). The van der Waals surface area contributed by atoms with Gasteiger partial charge in [0.2, 0.25) is 0 Å². The molecule has 160 valence electrons. The Bertz CT molecular complexity index is 977. The third-order valence-electron chi connectivity index (χ3n) is 5.68. The SMILES string of the molecule is COC(=O)CNC(=O)COC(=O)c1c2c(nc3ccccc13)CC[C@@H](C(C)(C)C)C2. The van der Waals surface area contributed by atoms with Gasteiger partial charge in [-0.05, 0) is 42.2 Å². The largest absolute Gasteiger partial charge is 0.468 e. The Balaban J connectivity index is 1.87. The minimum Gasteiger partial charge on any atom is -0.468 e. The fourth-order valence-corrected chi connectivity index (χ4v) is 3.86. The lowest BCUT2D eigenvalue weighted by Gasteiger charge is -2.35. The Morgan fingerprint density at radius 3 is 2.63 bits per heavy atom. The van der Waals surface area contributed by atoms with E-state index in [2.05, 4.69) is 30.8 Å². The number of fused-ring (bicyclic) bond motifs is 2. The topological polar surface area (TPSA) is 94.6 Å². The molecule has 1 heterocycles. The van der Waals surface area contributed by atoms with Crippen molar-refractivity contribution in [2.45, 2.75) is 40.0 Å². The summed E-state index contributed by atoms with van der Waals surface area (Å²) in [6.45, 7) is 5.89. The van der Waals surface area contributed by atoms with E-state index in [4.69, 9.17) is 9.72 Å². The molecule has 1 aliphatic carbocycles. The van der Waals surface area contributed by atoms with Crippen molar-refractivity contribution in [2.75, 3.05) is 20.3 Å². The minimum absolute atomic E-state index is 0.109. The number of pyridine rings is 1. The van der Waals surface area contributed by atoms with Crippen LogP contribution in [0.1, 0.15) is 48.8 Å². The van der Waals surface area contributed by atoms with Crippen molar-refractivity contribution >= 4 is 28.7 Å². The maximum absolute atomic E-state index is 13.1. The number of nitrogens with zero attached hydrogens (tertiary/aromatic N) is 1. The van der Waals surface area contributed by atoms with Crippen LogP contribution >= 0.6 is 0 Å². The summed E-state index contributed by atoms with van der Waals surface area (Å²) in [6.07, 6.45) is 2.57. The number of carbonyl (C=O) groups is 3. The summed E-state index contributed by atoms with van der Waals surface area (Å²) in [5.41, 5.74) is 3.19. The molecule has 0 saturated heterocycles. The lowest BCUT2D eigenvalue weighted by molar-refractivity contribution is -0.141. The molecule has 1 N–H and O–H groups in total. The van der Waals surface area contributed by atoms with Crippen LogP contribution in [0.2, 0.25) is 0 Å². The van der Waals surface area contributed by atoms with Gasteiger partial charge in [-0.15, -0.1) is 0 Å². The Kier molecular flexibility index (Phi) is 6.39. The zero-order chi connectivity index (χ0) is 21.9. The zero-order valence-electron chi connectivity index (χ0n) is 17.9. The molecule has 30 heavy (non-hydrogen) atoms. The number of methoxy groups -OCH3 is 1. The van der Waals surface area contributed by atoms with Gasteiger partial charge in [-0.1, -0.05) is 39.0 Å². The number of esters is 2. The van der Waals surface area contributed by atoms with Crippen molar-refractivity contribution in [3.05, 3.63) is 41.1 Å². The number of aromatic nitrogens is 1. The fourth-order valence-electron chi connectivity index (χ4n) is 3.86. The van der Waals surface area contributed by atoms with Crippen LogP contribution < -0.4 is 5.32 Å². The van der Waals surface area contributed by atoms with E-state index in [9.17, 15) is 14.4 Å². The van der Waals surface area contributed by atoms with Crippen LogP contribution in [0.4, 0.5) is 0 Å². The molecular formula is C23H28N2O5. The second-order valence-corrected chi connectivity index (χ2v) is 8.66. The molecule has 0 fully saturated rings. The molecule has 1 aromatic carbocycles. The predicted octanol–water partition coefficient (Wildman–Crippen LogP) is 2.83. The van der Waals surface area contributed by atoms with Gasteiger partial charge in [0.25, 0.3) is 5.91 Å². The summed E-state index contributed by atoms with van der Waals surface area (Å²) in [7, 11) is 1.23. The predicted molar refractivity (Wildman–Crippen MR) is 112 cm³/mol. The van der Waals surface area contributed by atoms with E-state index in [0.717, 1.165) is 41.4 Å². The Labute approximate surface area is 176 Å². The number of rotatable bonds is 5. The van der Waals surface area contributed by atoms with Gasteiger partial charge in [0.05, 0.1) is 18.2 Å². The van der Waals surface area contributed by atoms with E-state index >= 15 is 0 Å². The van der Waals surface area contributed by atoms with Crippen LogP contribution in [0, 0.1) is 11.3 Å². The van der Waals surface area contributed by atoms with Gasteiger partial charge in [-0.3, -0.25) is 14.6 Å². The summed E-state index contributed by atoms with van der Waals surface area (Å²) in [5, 5.41) is 3.09. The highest BCUT2D eigenvalue weighted by Gasteiger charge is 2.33. The highest BCUT2D eigenvalue weighted by molar-refractivity contribution is 6.05. The van der Waals surface area contributed by atoms with E-state index in [0.29, 0.717) is 11.5 Å². The molecule has 1 atom stereocenters. The molecule has 0 radical (unpaired) electrons. The average Bonchev–Trinajstić information content (AvgIpc) is 2.72. The van der Waals surface area contributed by atoms with Crippen molar-refractivity contribution in [1.82, 2.24) is 10.3 Å². The first kappa shape index (κ1) is 21.7. The van der Waals surface area contributed by atoms with Gasteiger partial charge in [0.1, 0.15) is 6.54 Å². The summed E-state index contributed by atoms with van der Waals surface area (Å²) >= 11 is 0. The van der Waals surface area contributed by atoms with Gasteiger partial charge in [-0.2, -0.15) is 0 Å². The monoisotopic (exact) mass is 412 g/mol. The lowest BCUT2D eigenvalue weighted by Crippen LogP contribution is -2.34. The van der Waals surface area contributed by atoms with Crippen molar-refractivity contribution in [3.63, 3.8) is 0 Å². The molecule has 0 bridgehead atoms. The average molecular weight is 412 g/mol. The van der Waals surface area contributed by atoms with Crippen molar-refractivity contribution in [2.24, 2.45) is 11.3 Å². The van der Waals surface area contributed by atoms with Crippen LogP contribution in [0.15, 0.2) is 24.3 Å². The number of carbonyl (C=O) groups excluding carboxylic acids is 3. The van der Waals surface area contributed by atoms with Crippen molar-refractivity contribution in [3.8, 4) is 0 Å². The normalized spacial score (nSPS) is 15.9. The summed E-state index contributed by atoms with van der Waals surface area (Å²) in [5.74, 6) is -1.26. The van der Waals surface area contributed by atoms with E-state index in [1.807, 2.05) is 24.3 Å². The molecular weight excluding hydrogens is 384 g/mol. The smallest absolute Gasteiger partial charge is 0.339 e. The molecule has 0 unspecified atom stereocenters. The molecule has 1 aliphatic rings. The molecule has 0 spiro atoms. The summed E-state index contributed by atoms with van der Waals surface area (Å²) in [6, 6.07) is 7.49. The molecule has 7 heteroatoms. The first-order valence-electron chi connectivity index (χ1n) is 10.1. The van der Waals surface area contributed by atoms with Crippen LogP contribution in [0.25, 0.3) is 10.9 Å². The number of hydrogen-bond acceptors (Lipinski definition) is 6. The number of benzene rings is 1. The molecule has 1 amide bonds. The molecule has 1 aromatic heterocycles. The highest BCUT2D eigenvalue weighted by atomic mass is 16.5. The van der Waals surface area contributed by atoms with Crippen LogP contribution in [-0.4, -0.2) is 43.1 Å². The summed E-state index contributed by atoms with van der Waals surface area (Å²) in [4.78, 5) is 40.9. The Morgan fingerprint density at radius 2 is 1.93 bits per heavy atom. The van der Waals surface area contributed by atoms with Gasteiger partial charge in [0.15, 0.2) is 6.61 Å². The minimum atomic E-state index is -0.572. The Hall–Kier alpha value is -2.96. The maximum Gasteiger partial charge on any atom is 0.339 e. The molecule has 0 saturated carbocycles. The van der Waals surface area contributed by atoms with E-state index in [1.165, 1.54) is 7.11 Å². The van der Waals surface area contributed by atoms with E-state index < -0.39 is 24.5 Å². The van der Waals surface area contributed by atoms with Gasteiger partial charge in [0, 0.05) is 11.1 Å². The van der Waals surface area contributed by atoms with E-state index in [1.54, 1.807) is 0 Å². The zero-order valence-corrected chi connectivity index (χ0v) is 17.9. The quantitative estimate of drug-likeness (QED) is 0.759. The third kappa shape index (κ3) is 4.78. The van der Waals surface area contributed by atoms with Crippen molar-refractivity contribution < 1.29 is 23.9 Å². The Morgan fingerprint density at radius 1 is 1.20 bits per heavy atom. The number of amides is 1. The standard InChI is InChI=1S/C23H28N2O5/c1-23(2,3)14-9-10-18-16(11-14)21(15-7-5-6-8-17(15)25-18)22(28)30-13-19(26)24-12-20(27)29-4/h5-8,14H,9-13H2,1-4H3,(H,24,26)/t14-/m1/s1. The molecule has 7 nitrogen and oxygen atoms in total. The number of para-hydroxylation sites is 1. The molecule has 0 aliphatic heterocycles. The van der Waals surface area contributed by atoms with Crippen LogP contribution in [0.3, 0.4) is 0 Å². The first-order valence-corrected chi connectivity index (χ1v) is 10.1. The third-order valence-corrected chi connectivity index (χ3v) is 5.68. The van der Waals surface area contributed by atoms with Gasteiger partial charge < -0.3 is 14.8 Å². The second-order valence-electron chi connectivity index (χ2n) is 8.66. The first-order chi connectivity index (χ1) is 14.2. The lowest BCUT2D eigenvalue weighted by atomic mass is 9.70. The number of aryl methyl sites for hydroxylation is 1. The van der Waals surface area contributed by atoms with Gasteiger partial charge >= 0.3 is 11.9 Å². The number of hydrogen-bond donors (Lipinski definition) is 1. The maximum atomic E-state index is 13.1. The molecule has 2 aromatic rings. The van der Waals surface area contributed by atoms with Crippen molar-refractivity contribution in [1.29, 1.82) is 0 Å². The van der Waals surface area contributed by atoms with Crippen LogP contribution in [-0.2, 0) is 31.9 Å². The summed E-state index contributed by atoms with van der Waals surface area (Å²) < 4.78 is 9.80. The highest BCUT2D eigenvalue weighted by Crippen LogP contribution is 2.39.